The molecule has 2 nitrogen and oxygen atoms in total. The van der Waals surface area contributed by atoms with Crippen molar-refractivity contribution in [2.45, 2.75) is 0 Å². The zero-order valence-electron chi connectivity index (χ0n) is 7.33. The first-order chi connectivity index (χ1) is 6.66. The van der Waals surface area contributed by atoms with E-state index in [0.29, 0.717) is 11.4 Å². The third-order valence-electron chi connectivity index (χ3n) is 1.99. The predicted molar refractivity (Wildman–Crippen MR) is 63.6 cm³/mol. The van der Waals surface area contributed by atoms with Crippen LogP contribution in [0.1, 0.15) is 0 Å². The maximum atomic E-state index is 5.84. The maximum absolute atomic E-state index is 5.84. The van der Waals surface area contributed by atoms with Crippen LogP contribution in [0.3, 0.4) is 0 Å². The summed E-state index contributed by atoms with van der Waals surface area (Å²) in [6, 6.07) is 7.51. The summed E-state index contributed by atoms with van der Waals surface area (Å²) in [6.45, 7) is 0. The average Bonchev–Trinajstić information content (AvgIpc) is 2.57. The smallest absolute Gasteiger partial charge is 0.0934 e. The van der Waals surface area contributed by atoms with Crippen molar-refractivity contribution in [3.63, 3.8) is 0 Å². The molecule has 2 aromatic rings. The Morgan fingerprint density at radius 3 is 2.36 bits per heavy atom. The summed E-state index contributed by atoms with van der Waals surface area (Å²) >= 11 is 7.35. The van der Waals surface area contributed by atoms with Gasteiger partial charge in [0, 0.05) is 5.38 Å². The Hall–Kier alpha value is -1.19. The van der Waals surface area contributed by atoms with Gasteiger partial charge in [-0.1, -0.05) is 17.7 Å². The average molecular weight is 225 g/mol. The zero-order chi connectivity index (χ0) is 10.1. The second kappa shape index (κ2) is 3.52. The summed E-state index contributed by atoms with van der Waals surface area (Å²) in [5.41, 5.74) is 14.7. The Balaban J connectivity index is 2.47. The molecule has 0 bridgehead atoms. The monoisotopic (exact) mass is 224 g/mol. The van der Waals surface area contributed by atoms with Crippen LogP contribution >= 0.6 is 22.9 Å². The fourth-order valence-electron chi connectivity index (χ4n) is 1.22. The van der Waals surface area contributed by atoms with E-state index in [4.69, 9.17) is 23.1 Å². The van der Waals surface area contributed by atoms with Crippen LogP contribution in [0.2, 0.25) is 4.34 Å². The van der Waals surface area contributed by atoms with Crippen LogP contribution in [0.5, 0.6) is 0 Å². The van der Waals surface area contributed by atoms with Crippen molar-refractivity contribution in [3.8, 4) is 11.1 Å². The zero-order valence-corrected chi connectivity index (χ0v) is 8.90. The van der Waals surface area contributed by atoms with Gasteiger partial charge in [-0.2, -0.15) is 0 Å². The molecule has 0 fully saturated rings. The number of rotatable bonds is 1. The van der Waals surface area contributed by atoms with E-state index in [1.54, 1.807) is 6.07 Å². The lowest BCUT2D eigenvalue weighted by Crippen LogP contribution is -1.93. The quantitative estimate of drug-likeness (QED) is 0.731. The minimum Gasteiger partial charge on any atom is -0.397 e. The molecule has 0 aliphatic heterocycles. The van der Waals surface area contributed by atoms with Gasteiger partial charge in [-0.15, -0.1) is 11.3 Å². The van der Waals surface area contributed by atoms with E-state index in [1.165, 1.54) is 11.3 Å². The lowest BCUT2D eigenvalue weighted by atomic mass is 10.1. The highest BCUT2D eigenvalue weighted by atomic mass is 35.5. The van der Waals surface area contributed by atoms with Gasteiger partial charge in [0.25, 0.3) is 0 Å². The fourth-order valence-corrected chi connectivity index (χ4v) is 2.11. The molecule has 0 aliphatic carbocycles. The number of hydrogen-bond acceptors (Lipinski definition) is 3. The number of nitrogen functional groups attached to an aromatic ring is 2. The lowest BCUT2D eigenvalue weighted by Gasteiger charge is -2.02. The summed E-state index contributed by atoms with van der Waals surface area (Å²) in [6.07, 6.45) is 0. The second-order valence-electron chi connectivity index (χ2n) is 2.98. The van der Waals surface area contributed by atoms with Crippen molar-refractivity contribution < 1.29 is 0 Å². The molecule has 0 atom stereocenters. The standard InChI is InChI=1S/C10H9ClN2S/c11-10-4-7(5-14-10)6-1-2-8(12)9(13)3-6/h1-5H,12-13H2. The van der Waals surface area contributed by atoms with E-state index < -0.39 is 0 Å². The molecular formula is C10H9ClN2S. The van der Waals surface area contributed by atoms with E-state index in [2.05, 4.69) is 0 Å². The van der Waals surface area contributed by atoms with Crippen molar-refractivity contribution in [2.24, 2.45) is 0 Å². The Labute approximate surface area is 91.1 Å². The molecular weight excluding hydrogens is 216 g/mol. The molecule has 0 aliphatic rings. The highest BCUT2D eigenvalue weighted by molar-refractivity contribution is 7.14. The fraction of sp³-hybridized carbons (Fsp3) is 0. The normalized spacial score (nSPS) is 10.4. The van der Waals surface area contributed by atoms with Crippen molar-refractivity contribution in [3.05, 3.63) is 34.0 Å². The molecule has 0 radical (unpaired) electrons. The number of thiophene rings is 1. The van der Waals surface area contributed by atoms with Crippen LogP contribution in [0.4, 0.5) is 11.4 Å². The van der Waals surface area contributed by atoms with Crippen molar-refractivity contribution in [1.29, 1.82) is 0 Å². The Bertz CT molecular complexity index is 465. The Morgan fingerprint density at radius 1 is 1.00 bits per heavy atom. The number of anilines is 2. The van der Waals surface area contributed by atoms with Crippen LogP contribution in [0, 0.1) is 0 Å². The molecule has 0 unspecified atom stereocenters. The van der Waals surface area contributed by atoms with Crippen LogP contribution in [0.15, 0.2) is 29.6 Å². The molecule has 2 rings (SSSR count). The molecule has 0 amide bonds. The lowest BCUT2D eigenvalue weighted by molar-refractivity contribution is 1.64. The van der Waals surface area contributed by atoms with Gasteiger partial charge in [0.05, 0.1) is 15.7 Å². The summed E-state index contributed by atoms with van der Waals surface area (Å²) in [5.74, 6) is 0. The predicted octanol–water partition coefficient (Wildman–Crippen LogP) is 3.23. The van der Waals surface area contributed by atoms with E-state index >= 15 is 0 Å². The van der Waals surface area contributed by atoms with Gasteiger partial charge in [-0.05, 0) is 29.3 Å². The van der Waals surface area contributed by atoms with E-state index in [9.17, 15) is 0 Å². The minimum atomic E-state index is 0.602. The van der Waals surface area contributed by atoms with Crippen molar-refractivity contribution in [1.82, 2.24) is 0 Å². The summed E-state index contributed by atoms with van der Waals surface area (Å²) < 4.78 is 0.774. The SMILES string of the molecule is Nc1ccc(-c2csc(Cl)c2)cc1N. The first kappa shape index (κ1) is 9.37. The topological polar surface area (TPSA) is 52.0 Å². The molecule has 1 heterocycles. The maximum Gasteiger partial charge on any atom is 0.0934 e. The molecule has 14 heavy (non-hydrogen) atoms. The molecule has 0 saturated carbocycles. The van der Waals surface area contributed by atoms with E-state index in [-0.39, 0.29) is 0 Å². The van der Waals surface area contributed by atoms with Crippen molar-refractivity contribution in [2.75, 3.05) is 11.5 Å². The van der Waals surface area contributed by atoms with Gasteiger partial charge in [-0.25, -0.2) is 0 Å². The van der Waals surface area contributed by atoms with Gasteiger partial charge < -0.3 is 11.5 Å². The molecule has 4 heteroatoms. The van der Waals surface area contributed by atoms with Gasteiger partial charge >= 0.3 is 0 Å². The minimum absolute atomic E-state index is 0.602. The van der Waals surface area contributed by atoms with Gasteiger partial charge in [0.1, 0.15) is 0 Å². The third kappa shape index (κ3) is 1.69. The number of benzene rings is 1. The summed E-state index contributed by atoms with van der Waals surface area (Å²) in [5, 5.41) is 1.99. The van der Waals surface area contributed by atoms with Gasteiger partial charge in [0.15, 0.2) is 0 Å². The number of nitrogens with two attached hydrogens (primary N) is 2. The summed E-state index contributed by atoms with van der Waals surface area (Å²) in [4.78, 5) is 0. The third-order valence-corrected chi connectivity index (χ3v) is 3.08. The first-order valence-corrected chi connectivity index (χ1v) is 5.32. The Kier molecular flexibility index (Phi) is 2.35. The first-order valence-electron chi connectivity index (χ1n) is 4.06. The second-order valence-corrected chi connectivity index (χ2v) is 4.53. The largest absolute Gasteiger partial charge is 0.397 e. The van der Waals surface area contributed by atoms with Crippen LogP contribution in [0.25, 0.3) is 11.1 Å². The molecule has 1 aromatic carbocycles. The summed E-state index contributed by atoms with van der Waals surface area (Å²) in [7, 11) is 0. The number of hydrogen-bond donors (Lipinski definition) is 2. The van der Waals surface area contributed by atoms with Crippen LogP contribution in [-0.4, -0.2) is 0 Å². The highest BCUT2D eigenvalue weighted by Gasteiger charge is 2.02. The van der Waals surface area contributed by atoms with Gasteiger partial charge in [0.2, 0.25) is 0 Å². The van der Waals surface area contributed by atoms with E-state index in [0.717, 1.165) is 15.5 Å². The van der Waals surface area contributed by atoms with Crippen LogP contribution in [-0.2, 0) is 0 Å². The van der Waals surface area contributed by atoms with Crippen LogP contribution < -0.4 is 11.5 Å². The number of halogens is 1. The van der Waals surface area contributed by atoms with Gasteiger partial charge in [-0.3, -0.25) is 0 Å². The van der Waals surface area contributed by atoms with Crippen molar-refractivity contribution >= 4 is 34.3 Å². The Morgan fingerprint density at radius 2 is 1.79 bits per heavy atom. The van der Waals surface area contributed by atoms with E-state index in [1.807, 2.05) is 23.6 Å². The molecule has 4 N–H and O–H groups in total. The molecule has 72 valence electrons. The highest BCUT2D eigenvalue weighted by Crippen LogP contribution is 2.30. The molecule has 0 saturated heterocycles. The molecule has 0 spiro atoms. The molecule has 1 aromatic heterocycles.